The van der Waals surface area contributed by atoms with Crippen LogP contribution >= 0.6 is 35.2 Å². The predicted octanol–water partition coefficient (Wildman–Crippen LogP) is 4.69. The van der Waals surface area contributed by atoms with Crippen LogP contribution in [0.15, 0.2) is 54.1 Å². The lowest BCUT2D eigenvalue weighted by molar-refractivity contribution is -0.122. The minimum absolute atomic E-state index is 0.0493. The van der Waals surface area contributed by atoms with Crippen LogP contribution in [0.5, 0.6) is 0 Å². The van der Waals surface area contributed by atoms with Gasteiger partial charge in [0.1, 0.15) is 5.57 Å². The number of anilines is 1. The number of hydrogen-bond acceptors (Lipinski definition) is 4. The molecule has 1 aromatic heterocycles. The topological polar surface area (TPSA) is 49.4 Å². The molecule has 1 aliphatic heterocycles. The van der Waals surface area contributed by atoms with Gasteiger partial charge < -0.3 is 0 Å². The molecule has 2 heterocycles. The smallest absolute Gasteiger partial charge is 0.270 e. The summed E-state index contributed by atoms with van der Waals surface area (Å²) in [5.74, 6) is -0.949. The van der Waals surface area contributed by atoms with Gasteiger partial charge in [0.25, 0.3) is 11.8 Å². The van der Waals surface area contributed by atoms with Crippen molar-refractivity contribution in [2.75, 3.05) is 4.90 Å². The van der Waals surface area contributed by atoms with Crippen molar-refractivity contribution in [2.24, 2.45) is 0 Å². The van der Waals surface area contributed by atoms with E-state index in [1.165, 1.54) is 4.90 Å². The average molecular weight is 413 g/mol. The summed E-state index contributed by atoms with van der Waals surface area (Å²) in [5.41, 5.74) is 1.64. The Kier molecular flexibility index (Phi) is 4.55. The number of halogens is 1. The summed E-state index contributed by atoms with van der Waals surface area (Å²) in [5, 5.41) is 4.32. The van der Waals surface area contributed by atoms with Crippen LogP contribution < -0.4 is 10.2 Å². The second-order valence-corrected chi connectivity index (χ2v) is 7.93. The first kappa shape index (κ1) is 17.9. The molecule has 2 aromatic carbocycles. The zero-order valence-electron chi connectivity index (χ0n) is 14.2. The van der Waals surface area contributed by atoms with Crippen molar-refractivity contribution in [3.8, 4) is 0 Å². The van der Waals surface area contributed by atoms with E-state index in [4.69, 9.17) is 23.8 Å². The van der Waals surface area contributed by atoms with Crippen LogP contribution in [0, 0.1) is 6.92 Å². The van der Waals surface area contributed by atoms with Gasteiger partial charge in [-0.1, -0.05) is 29.8 Å². The molecule has 1 aliphatic rings. The number of hydrogen-bond donors (Lipinski definition) is 1. The van der Waals surface area contributed by atoms with Crippen LogP contribution in [0.4, 0.5) is 5.69 Å². The quantitative estimate of drug-likeness (QED) is 0.377. The molecule has 0 spiro atoms. The molecule has 27 heavy (non-hydrogen) atoms. The van der Waals surface area contributed by atoms with Crippen molar-refractivity contribution >= 4 is 73.9 Å². The maximum atomic E-state index is 13.0. The molecule has 134 valence electrons. The Hall–Kier alpha value is -2.54. The second kappa shape index (κ2) is 6.88. The summed E-state index contributed by atoms with van der Waals surface area (Å²) in [6.07, 6.45) is 1.64. The van der Waals surface area contributed by atoms with E-state index in [-0.39, 0.29) is 10.7 Å². The zero-order chi connectivity index (χ0) is 19.1. The van der Waals surface area contributed by atoms with Crippen molar-refractivity contribution in [1.82, 2.24) is 5.32 Å². The molecule has 0 aliphatic carbocycles. The summed E-state index contributed by atoms with van der Waals surface area (Å²) < 4.78 is 1.11. The number of nitrogens with one attached hydrogen (secondary N) is 1. The largest absolute Gasteiger partial charge is 0.298 e. The van der Waals surface area contributed by atoms with Gasteiger partial charge in [-0.05, 0) is 66.5 Å². The summed E-state index contributed by atoms with van der Waals surface area (Å²) >= 11 is 12.7. The molecule has 0 atom stereocenters. The molecule has 1 fully saturated rings. The van der Waals surface area contributed by atoms with Gasteiger partial charge in [0.15, 0.2) is 5.11 Å². The fourth-order valence-corrected chi connectivity index (χ4v) is 4.51. The third-order valence-electron chi connectivity index (χ3n) is 4.34. The number of carbonyl (C=O) groups is 2. The Morgan fingerprint density at radius 2 is 1.81 bits per heavy atom. The van der Waals surface area contributed by atoms with Crippen molar-refractivity contribution in [3.63, 3.8) is 0 Å². The molecule has 1 saturated heterocycles. The maximum absolute atomic E-state index is 13.0. The summed E-state index contributed by atoms with van der Waals surface area (Å²) in [6.45, 7) is 1.98. The highest BCUT2D eigenvalue weighted by molar-refractivity contribution is 7.80. The van der Waals surface area contributed by atoms with E-state index >= 15 is 0 Å². The first-order valence-electron chi connectivity index (χ1n) is 8.11. The van der Waals surface area contributed by atoms with E-state index < -0.39 is 11.8 Å². The van der Waals surface area contributed by atoms with E-state index in [0.717, 1.165) is 20.5 Å². The number of benzene rings is 2. The minimum Gasteiger partial charge on any atom is -0.298 e. The molecule has 0 radical (unpaired) electrons. The second-order valence-electron chi connectivity index (χ2n) is 6.02. The number of thiocarbonyl (C=S) groups is 1. The van der Waals surface area contributed by atoms with E-state index in [2.05, 4.69) is 5.32 Å². The molecule has 4 nitrogen and oxygen atoms in total. The van der Waals surface area contributed by atoms with Gasteiger partial charge in [0.2, 0.25) is 0 Å². The molecule has 3 aromatic rings. The summed E-state index contributed by atoms with van der Waals surface area (Å²) in [4.78, 5) is 27.7. The number of nitrogens with zero attached hydrogens (tertiary/aromatic N) is 1. The summed E-state index contributed by atoms with van der Waals surface area (Å²) in [7, 11) is 0. The number of carbonyl (C=O) groups excluding carboxylic acids is 2. The predicted molar refractivity (Wildman–Crippen MR) is 114 cm³/mol. The zero-order valence-corrected chi connectivity index (χ0v) is 16.5. The van der Waals surface area contributed by atoms with Gasteiger partial charge in [-0.2, -0.15) is 0 Å². The van der Waals surface area contributed by atoms with Crippen molar-refractivity contribution in [2.45, 2.75) is 6.92 Å². The molecule has 4 rings (SSSR count). The summed E-state index contributed by atoms with van der Waals surface area (Å²) in [6, 6.07) is 14.7. The molecule has 0 unspecified atom stereocenters. The molecule has 7 heteroatoms. The molecule has 0 saturated carbocycles. The lowest BCUT2D eigenvalue weighted by Gasteiger charge is -2.28. The van der Waals surface area contributed by atoms with Gasteiger partial charge in [0, 0.05) is 14.6 Å². The molecule has 1 N–H and O–H groups in total. The van der Waals surface area contributed by atoms with Crippen LogP contribution in [-0.2, 0) is 9.59 Å². The van der Waals surface area contributed by atoms with Gasteiger partial charge in [-0.25, -0.2) is 0 Å². The Morgan fingerprint density at radius 3 is 2.52 bits per heavy atom. The van der Waals surface area contributed by atoms with Crippen LogP contribution in [0.3, 0.4) is 0 Å². The molecular formula is C20H13ClN2O2S2. The van der Waals surface area contributed by atoms with Crippen LogP contribution in [-0.4, -0.2) is 16.9 Å². The van der Waals surface area contributed by atoms with Crippen LogP contribution in [0.1, 0.15) is 10.4 Å². The van der Waals surface area contributed by atoms with Gasteiger partial charge in [-0.15, -0.1) is 11.3 Å². The van der Waals surface area contributed by atoms with Crippen molar-refractivity contribution < 1.29 is 9.59 Å². The van der Waals surface area contributed by atoms with Crippen molar-refractivity contribution in [3.05, 3.63) is 69.6 Å². The van der Waals surface area contributed by atoms with Gasteiger partial charge >= 0.3 is 0 Å². The molecular weight excluding hydrogens is 400 g/mol. The minimum atomic E-state index is -0.493. The Bertz CT molecular complexity index is 1130. The first-order chi connectivity index (χ1) is 13.0. The third-order valence-corrected chi connectivity index (χ3v) is 6.10. The van der Waals surface area contributed by atoms with Crippen LogP contribution in [0.2, 0.25) is 5.02 Å². The SMILES string of the molecule is Cc1c(C=C2C(=O)NC(=S)N(c3ccc(Cl)cc3)C2=O)sc2ccccc12. The highest BCUT2D eigenvalue weighted by atomic mass is 35.5. The third kappa shape index (κ3) is 3.16. The monoisotopic (exact) mass is 412 g/mol. The van der Waals surface area contributed by atoms with E-state index in [1.54, 1.807) is 41.7 Å². The number of fused-ring (bicyclic) bond motifs is 1. The molecule has 2 amide bonds. The molecule has 0 bridgehead atoms. The number of rotatable bonds is 2. The number of thiophene rings is 1. The Labute approximate surface area is 170 Å². The Balaban J connectivity index is 1.78. The standard InChI is InChI=1S/C20H13ClN2O2S2/c1-11-14-4-2-3-5-16(14)27-17(11)10-15-18(24)22-20(26)23(19(15)25)13-8-6-12(21)7-9-13/h2-10H,1H3,(H,22,24,26). The van der Waals surface area contributed by atoms with E-state index in [0.29, 0.717) is 10.7 Å². The van der Waals surface area contributed by atoms with E-state index in [1.807, 2.05) is 31.2 Å². The van der Waals surface area contributed by atoms with E-state index in [9.17, 15) is 9.59 Å². The van der Waals surface area contributed by atoms with Crippen LogP contribution in [0.25, 0.3) is 16.2 Å². The highest BCUT2D eigenvalue weighted by Gasteiger charge is 2.34. The van der Waals surface area contributed by atoms with Gasteiger partial charge in [0.05, 0.1) is 5.69 Å². The van der Waals surface area contributed by atoms with Crippen molar-refractivity contribution in [1.29, 1.82) is 0 Å². The van der Waals surface area contributed by atoms with Gasteiger partial charge in [-0.3, -0.25) is 19.8 Å². The highest BCUT2D eigenvalue weighted by Crippen LogP contribution is 2.33. The fourth-order valence-electron chi connectivity index (χ4n) is 2.94. The lowest BCUT2D eigenvalue weighted by atomic mass is 10.1. The number of aryl methyl sites for hydroxylation is 1. The first-order valence-corrected chi connectivity index (χ1v) is 9.71. The maximum Gasteiger partial charge on any atom is 0.270 e. The average Bonchev–Trinajstić information content (AvgIpc) is 2.96. The fraction of sp³-hybridized carbons (Fsp3) is 0.0500. The normalized spacial score (nSPS) is 16.3. The number of amides is 2. The lowest BCUT2D eigenvalue weighted by Crippen LogP contribution is -2.54. The Morgan fingerprint density at radius 1 is 1.11 bits per heavy atom.